The van der Waals surface area contributed by atoms with Gasteiger partial charge in [-0.25, -0.2) is 13.8 Å². The molecule has 3 aromatic carbocycles. The minimum Gasteiger partial charge on any atom is -0.507 e. The lowest BCUT2D eigenvalue weighted by molar-refractivity contribution is -0.132. The van der Waals surface area contributed by atoms with Crippen LogP contribution in [-0.2, 0) is 9.59 Å². The van der Waals surface area contributed by atoms with E-state index in [1.807, 2.05) is 0 Å². The first-order valence-electron chi connectivity index (χ1n) is 10.4. The fourth-order valence-electron chi connectivity index (χ4n) is 4.18. The average Bonchev–Trinajstić information content (AvgIpc) is 3.54. The van der Waals surface area contributed by atoms with Crippen LogP contribution in [0.2, 0.25) is 0 Å². The molecule has 1 atom stereocenters. The van der Waals surface area contributed by atoms with Crippen molar-refractivity contribution in [2.45, 2.75) is 6.04 Å². The largest absolute Gasteiger partial charge is 0.507 e. The summed E-state index contributed by atoms with van der Waals surface area (Å²) < 4.78 is 38.5. The van der Waals surface area contributed by atoms with E-state index in [2.05, 4.69) is 4.98 Å². The minimum absolute atomic E-state index is 0.0258. The number of anilines is 1. The SMILES string of the molecule is O=C1C(=O)N(c2nc3ccc(F)cc3s2)C(c2ccc3c(c2)OCO3)/C1=C(\O)c1ccc(F)cc1. The van der Waals surface area contributed by atoms with Crippen LogP contribution in [0.4, 0.5) is 13.9 Å². The molecule has 1 N–H and O–H groups in total. The zero-order valence-electron chi connectivity index (χ0n) is 17.7. The molecule has 1 amide bonds. The number of carbonyl (C=O) groups is 2. The molecular formula is C25H14F2N2O5S. The lowest BCUT2D eigenvalue weighted by Crippen LogP contribution is -2.29. The molecule has 1 aromatic heterocycles. The number of fused-ring (bicyclic) bond motifs is 2. The fraction of sp³-hybridized carbons (Fsp3) is 0.0800. The zero-order chi connectivity index (χ0) is 24.3. The summed E-state index contributed by atoms with van der Waals surface area (Å²) >= 11 is 1.04. The number of hydrogen-bond donors (Lipinski definition) is 1. The first-order chi connectivity index (χ1) is 16.9. The topological polar surface area (TPSA) is 89.0 Å². The summed E-state index contributed by atoms with van der Waals surface area (Å²) in [6.45, 7) is 0.0258. The molecule has 0 spiro atoms. The van der Waals surface area contributed by atoms with E-state index in [1.165, 1.54) is 35.2 Å². The Morgan fingerprint density at radius 2 is 1.71 bits per heavy atom. The summed E-state index contributed by atoms with van der Waals surface area (Å²) in [6, 6.07) is 12.8. The first kappa shape index (κ1) is 21.2. The number of Topliss-reactive ketones (excluding diaryl/α,β-unsaturated/α-hetero) is 1. The standard InChI is InChI=1S/C25H14F2N2O5S/c26-14-4-1-12(2-5-14)22(30)20-21(13-3-8-17-18(9-13)34-11-33-17)29(24(32)23(20)31)25-28-16-7-6-15(27)10-19(16)35-25/h1-10,21,30H,11H2/b22-20+. The number of rotatable bonds is 3. The summed E-state index contributed by atoms with van der Waals surface area (Å²) in [6.07, 6.45) is 0. The van der Waals surface area contributed by atoms with Crippen LogP contribution in [0.3, 0.4) is 0 Å². The molecular weight excluding hydrogens is 478 g/mol. The molecule has 10 heteroatoms. The van der Waals surface area contributed by atoms with Gasteiger partial charge in [-0.05, 0) is 60.2 Å². The van der Waals surface area contributed by atoms with Gasteiger partial charge in [-0.2, -0.15) is 0 Å². The predicted molar refractivity (Wildman–Crippen MR) is 123 cm³/mol. The molecule has 1 unspecified atom stereocenters. The van der Waals surface area contributed by atoms with Gasteiger partial charge in [0.05, 0.1) is 21.8 Å². The molecule has 4 aromatic rings. The minimum atomic E-state index is -1.07. The van der Waals surface area contributed by atoms with E-state index in [0.717, 1.165) is 23.5 Å². The second kappa shape index (κ2) is 7.88. The van der Waals surface area contributed by atoms with Crippen molar-refractivity contribution in [2.75, 3.05) is 11.7 Å². The first-order valence-corrected chi connectivity index (χ1v) is 11.2. The highest BCUT2D eigenvalue weighted by Gasteiger charge is 2.48. The van der Waals surface area contributed by atoms with Crippen LogP contribution in [0, 0.1) is 11.6 Å². The molecule has 6 rings (SSSR count). The number of carbonyl (C=O) groups excluding carboxylic acids is 2. The van der Waals surface area contributed by atoms with Crippen molar-refractivity contribution in [2.24, 2.45) is 0 Å². The molecule has 0 bridgehead atoms. The maximum atomic E-state index is 13.8. The van der Waals surface area contributed by atoms with Gasteiger partial charge in [-0.1, -0.05) is 17.4 Å². The molecule has 0 radical (unpaired) electrons. The van der Waals surface area contributed by atoms with Crippen LogP contribution in [0.15, 0.2) is 66.2 Å². The third-order valence-corrected chi connectivity index (χ3v) is 6.84. The molecule has 1 saturated heterocycles. The normalized spacial score (nSPS) is 18.6. The maximum Gasteiger partial charge on any atom is 0.301 e. The molecule has 3 heterocycles. The highest BCUT2D eigenvalue weighted by atomic mass is 32.1. The van der Waals surface area contributed by atoms with Crippen LogP contribution < -0.4 is 14.4 Å². The Hall–Kier alpha value is -4.31. The molecule has 2 aliphatic rings. The van der Waals surface area contributed by atoms with Crippen molar-refractivity contribution in [3.8, 4) is 11.5 Å². The number of hydrogen-bond acceptors (Lipinski definition) is 7. The van der Waals surface area contributed by atoms with E-state index in [-0.39, 0.29) is 23.1 Å². The van der Waals surface area contributed by atoms with Gasteiger partial charge in [0.2, 0.25) is 6.79 Å². The third-order valence-electron chi connectivity index (χ3n) is 5.82. The molecule has 35 heavy (non-hydrogen) atoms. The lowest BCUT2D eigenvalue weighted by atomic mass is 9.95. The number of aromatic nitrogens is 1. The number of aliphatic hydroxyl groups is 1. The van der Waals surface area contributed by atoms with E-state index in [0.29, 0.717) is 27.3 Å². The van der Waals surface area contributed by atoms with Crippen molar-refractivity contribution >= 4 is 44.1 Å². The van der Waals surface area contributed by atoms with E-state index >= 15 is 0 Å². The van der Waals surface area contributed by atoms with Crippen molar-refractivity contribution < 1.29 is 33.0 Å². The van der Waals surface area contributed by atoms with Crippen LogP contribution in [0.5, 0.6) is 11.5 Å². The number of ether oxygens (including phenoxy) is 2. The van der Waals surface area contributed by atoms with Crippen LogP contribution in [0.25, 0.3) is 16.0 Å². The fourth-order valence-corrected chi connectivity index (χ4v) is 5.20. The molecule has 174 valence electrons. The Labute approximate surface area is 200 Å². The molecule has 7 nitrogen and oxygen atoms in total. The quantitative estimate of drug-likeness (QED) is 0.248. The predicted octanol–water partition coefficient (Wildman–Crippen LogP) is 4.93. The van der Waals surface area contributed by atoms with E-state index in [4.69, 9.17) is 9.47 Å². The van der Waals surface area contributed by atoms with Crippen molar-refractivity contribution in [1.82, 2.24) is 4.98 Å². The number of nitrogens with zero attached hydrogens (tertiary/aromatic N) is 2. The number of benzene rings is 3. The van der Waals surface area contributed by atoms with Gasteiger partial charge in [-0.15, -0.1) is 0 Å². The van der Waals surface area contributed by atoms with Crippen LogP contribution >= 0.6 is 11.3 Å². The zero-order valence-corrected chi connectivity index (χ0v) is 18.5. The van der Waals surface area contributed by atoms with Crippen molar-refractivity contribution in [3.05, 3.63) is 89.0 Å². The summed E-state index contributed by atoms with van der Waals surface area (Å²) in [7, 11) is 0. The number of aliphatic hydroxyl groups excluding tert-OH is 1. The lowest BCUT2D eigenvalue weighted by Gasteiger charge is -2.23. The highest BCUT2D eigenvalue weighted by molar-refractivity contribution is 7.22. The number of amides is 1. The van der Waals surface area contributed by atoms with E-state index < -0.39 is 35.1 Å². The molecule has 0 aliphatic carbocycles. The monoisotopic (exact) mass is 492 g/mol. The van der Waals surface area contributed by atoms with Gasteiger partial charge >= 0.3 is 5.91 Å². The maximum absolute atomic E-state index is 13.8. The Morgan fingerprint density at radius 3 is 2.51 bits per heavy atom. The molecule has 1 fully saturated rings. The second-order valence-corrected chi connectivity index (χ2v) is 8.91. The Morgan fingerprint density at radius 1 is 0.971 bits per heavy atom. The third kappa shape index (κ3) is 3.41. The van der Waals surface area contributed by atoms with E-state index in [9.17, 15) is 23.5 Å². The van der Waals surface area contributed by atoms with Gasteiger partial charge in [0.15, 0.2) is 16.6 Å². The van der Waals surface area contributed by atoms with Gasteiger partial charge in [0, 0.05) is 5.56 Å². The highest BCUT2D eigenvalue weighted by Crippen LogP contribution is 2.46. The smallest absolute Gasteiger partial charge is 0.301 e. The number of halogens is 2. The summed E-state index contributed by atoms with van der Waals surface area (Å²) in [5, 5.41) is 11.3. The second-order valence-electron chi connectivity index (χ2n) is 7.90. The molecule has 0 saturated carbocycles. The average molecular weight is 492 g/mol. The Kier molecular flexibility index (Phi) is 4.78. The van der Waals surface area contributed by atoms with Gasteiger partial charge in [-0.3, -0.25) is 14.5 Å². The van der Waals surface area contributed by atoms with Gasteiger partial charge in [0.25, 0.3) is 5.78 Å². The van der Waals surface area contributed by atoms with E-state index in [1.54, 1.807) is 18.2 Å². The number of ketones is 1. The van der Waals surface area contributed by atoms with Crippen LogP contribution in [-0.4, -0.2) is 28.6 Å². The summed E-state index contributed by atoms with van der Waals surface area (Å²) in [4.78, 5) is 32.1. The summed E-state index contributed by atoms with van der Waals surface area (Å²) in [5.74, 6) is -2.35. The van der Waals surface area contributed by atoms with Gasteiger partial charge in [0.1, 0.15) is 17.4 Å². The Balaban J connectivity index is 1.57. The Bertz CT molecular complexity index is 1560. The number of thiazole rings is 1. The van der Waals surface area contributed by atoms with Crippen molar-refractivity contribution in [3.63, 3.8) is 0 Å². The van der Waals surface area contributed by atoms with Crippen molar-refractivity contribution in [1.29, 1.82) is 0 Å². The van der Waals surface area contributed by atoms with Crippen LogP contribution in [0.1, 0.15) is 17.2 Å². The van der Waals surface area contributed by atoms with Gasteiger partial charge < -0.3 is 14.6 Å². The summed E-state index contributed by atoms with van der Waals surface area (Å²) in [5.41, 5.74) is 0.895. The molecule has 2 aliphatic heterocycles.